The monoisotopic (exact) mass is 272 g/mol. The standard InChI is InChI=1S/C13H24N2O4/c1-3-19-10(2)8-14-12(18)15-9-13(5-4-6-13)7-11(16)17/h10H,3-9H2,1-2H3,(H,16,17)(H2,14,15,18). The number of carbonyl (C=O) groups excluding carboxylic acids is 1. The van der Waals surface area contributed by atoms with E-state index in [1.54, 1.807) is 0 Å². The van der Waals surface area contributed by atoms with E-state index in [9.17, 15) is 9.59 Å². The fourth-order valence-corrected chi connectivity index (χ4v) is 2.32. The number of carboxylic acid groups (broad SMARTS) is 1. The van der Waals surface area contributed by atoms with Gasteiger partial charge < -0.3 is 20.5 Å². The highest BCUT2D eigenvalue weighted by Gasteiger charge is 2.39. The van der Waals surface area contributed by atoms with E-state index in [0.717, 1.165) is 19.3 Å². The Morgan fingerprint density at radius 3 is 2.53 bits per heavy atom. The molecule has 0 spiro atoms. The van der Waals surface area contributed by atoms with Crippen molar-refractivity contribution in [3.8, 4) is 0 Å². The zero-order valence-corrected chi connectivity index (χ0v) is 11.7. The van der Waals surface area contributed by atoms with Gasteiger partial charge in [0.15, 0.2) is 0 Å². The third-order valence-electron chi connectivity index (χ3n) is 3.57. The van der Waals surface area contributed by atoms with Crippen LogP contribution in [0.3, 0.4) is 0 Å². The third-order valence-corrected chi connectivity index (χ3v) is 3.57. The number of urea groups is 1. The molecule has 0 aromatic heterocycles. The van der Waals surface area contributed by atoms with Crippen LogP contribution in [0.1, 0.15) is 39.5 Å². The molecule has 110 valence electrons. The van der Waals surface area contributed by atoms with Crippen LogP contribution in [0.4, 0.5) is 4.79 Å². The van der Waals surface area contributed by atoms with E-state index < -0.39 is 5.97 Å². The zero-order valence-electron chi connectivity index (χ0n) is 11.7. The van der Waals surface area contributed by atoms with E-state index in [1.807, 2.05) is 13.8 Å². The van der Waals surface area contributed by atoms with E-state index in [2.05, 4.69) is 10.6 Å². The van der Waals surface area contributed by atoms with Crippen molar-refractivity contribution in [2.45, 2.75) is 45.6 Å². The summed E-state index contributed by atoms with van der Waals surface area (Å²) in [6.07, 6.45) is 2.89. The van der Waals surface area contributed by atoms with Crippen LogP contribution in [0.15, 0.2) is 0 Å². The van der Waals surface area contributed by atoms with Crippen molar-refractivity contribution in [1.29, 1.82) is 0 Å². The number of amides is 2. The Kier molecular flexibility index (Phi) is 6.08. The third kappa shape index (κ3) is 5.46. The first-order valence-corrected chi connectivity index (χ1v) is 6.82. The summed E-state index contributed by atoms with van der Waals surface area (Å²) in [7, 11) is 0. The van der Waals surface area contributed by atoms with Crippen LogP contribution in [-0.4, -0.2) is 42.9 Å². The second-order valence-corrected chi connectivity index (χ2v) is 5.25. The molecule has 0 aromatic carbocycles. The fourth-order valence-electron chi connectivity index (χ4n) is 2.32. The summed E-state index contributed by atoms with van der Waals surface area (Å²) in [6.45, 7) is 5.29. The molecular formula is C13H24N2O4. The molecule has 1 rings (SSSR count). The number of carbonyl (C=O) groups is 2. The van der Waals surface area contributed by atoms with Crippen LogP contribution in [0.25, 0.3) is 0 Å². The van der Waals surface area contributed by atoms with Crippen LogP contribution in [0.2, 0.25) is 0 Å². The molecule has 0 heterocycles. The predicted octanol–water partition coefficient (Wildman–Crippen LogP) is 1.36. The molecule has 0 aliphatic heterocycles. The fraction of sp³-hybridized carbons (Fsp3) is 0.846. The van der Waals surface area contributed by atoms with E-state index in [0.29, 0.717) is 19.7 Å². The molecule has 19 heavy (non-hydrogen) atoms. The van der Waals surface area contributed by atoms with E-state index >= 15 is 0 Å². The number of nitrogens with one attached hydrogen (secondary N) is 2. The first-order chi connectivity index (χ1) is 8.97. The highest BCUT2D eigenvalue weighted by molar-refractivity contribution is 5.74. The second kappa shape index (κ2) is 7.33. The number of rotatable bonds is 8. The molecule has 1 unspecified atom stereocenters. The highest BCUT2D eigenvalue weighted by atomic mass is 16.5. The van der Waals surface area contributed by atoms with Crippen molar-refractivity contribution < 1.29 is 19.4 Å². The van der Waals surface area contributed by atoms with Gasteiger partial charge in [0.05, 0.1) is 12.5 Å². The van der Waals surface area contributed by atoms with E-state index in [1.165, 1.54) is 0 Å². The lowest BCUT2D eigenvalue weighted by molar-refractivity contribution is -0.141. The first kappa shape index (κ1) is 15.8. The molecule has 1 aliphatic carbocycles. The molecule has 6 nitrogen and oxygen atoms in total. The Morgan fingerprint density at radius 2 is 2.05 bits per heavy atom. The molecule has 0 bridgehead atoms. The van der Waals surface area contributed by atoms with Crippen molar-refractivity contribution in [2.75, 3.05) is 19.7 Å². The molecule has 0 radical (unpaired) electrons. The summed E-state index contributed by atoms with van der Waals surface area (Å²) < 4.78 is 5.30. The molecule has 3 N–H and O–H groups in total. The average Bonchev–Trinajstić information content (AvgIpc) is 2.29. The van der Waals surface area contributed by atoms with Gasteiger partial charge in [-0.2, -0.15) is 0 Å². The Balaban J connectivity index is 2.23. The van der Waals surface area contributed by atoms with E-state index in [4.69, 9.17) is 9.84 Å². The molecule has 1 saturated carbocycles. The summed E-state index contributed by atoms with van der Waals surface area (Å²) >= 11 is 0. The lowest BCUT2D eigenvalue weighted by Gasteiger charge is -2.40. The van der Waals surface area contributed by atoms with E-state index in [-0.39, 0.29) is 24.0 Å². The number of hydrogen-bond acceptors (Lipinski definition) is 3. The predicted molar refractivity (Wildman–Crippen MR) is 71.0 cm³/mol. The molecule has 2 amide bonds. The van der Waals surface area contributed by atoms with Crippen molar-refractivity contribution in [2.24, 2.45) is 5.41 Å². The summed E-state index contributed by atoms with van der Waals surface area (Å²) in [5, 5.41) is 14.3. The molecule has 0 saturated heterocycles. The van der Waals surface area contributed by atoms with Gasteiger partial charge in [-0.05, 0) is 32.1 Å². The number of ether oxygens (including phenoxy) is 1. The minimum absolute atomic E-state index is 0.0209. The second-order valence-electron chi connectivity index (χ2n) is 5.25. The van der Waals surface area contributed by atoms with Crippen molar-refractivity contribution in [3.05, 3.63) is 0 Å². The normalized spacial score (nSPS) is 18.2. The van der Waals surface area contributed by atoms with Gasteiger partial charge in [0.1, 0.15) is 0 Å². The van der Waals surface area contributed by atoms with Crippen LogP contribution in [0.5, 0.6) is 0 Å². The molecule has 1 aliphatic rings. The lowest BCUT2D eigenvalue weighted by Crippen LogP contribution is -2.47. The topological polar surface area (TPSA) is 87.7 Å². The van der Waals surface area contributed by atoms with Crippen LogP contribution < -0.4 is 10.6 Å². The maximum atomic E-state index is 11.6. The van der Waals surface area contributed by atoms with Gasteiger partial charge >= 0.3 is 12.0 Å². The smallest absolute Gasteiger partial charge is 0.314 e. The molecule has 1 fully saturated rings. The average molecular weight is 272 g/mol. The summed E-state index contributed by atoms with van der Waals surface area (Å²) in [6, 6.07) is -0.261. The minimum atomic E-state index is -0.799. The Labute approximate surface area is 113 Å². The molecule has 1 atom stereocenters. The summed E-state index contributed by atoms with van der Waals surface area (Å²) in [5.41, 5.74) is -0.241. The number of aliphatic carboxylic acids is 1. The van der Waals surface area contributed by atoms with Gasteiger partial charge in [0, 0.05) is 19.7 Å². The lowest BCUT2D eigenvalue weighted by atomic mass is 9.66. The van der Waals surface area contributed by atoms with Gasteiger partial charge in [-0.1, -0.05) is 6.42 Å². The van der Waals surface area contributed by atoms with Crippen molar-refractivity contribution in [1.82, 2.24) is 10.6 Å². The van der Waals surface area contributed by atoms with Gasteiger partial charge in [-0.15, -0.1) is 0 Å². The van der Waals surface area contributed by atoms with Crippen molar-refractivity contribution >= 4 is 12.0 Å². The quantitative estimate of drug-likeness (QED) is 0.622. The minimum Gasteiger partial charge on any atom is -0.481 e. The number of hydrogen-bond donors (Lipinski definition) is 3. The SMILES string of the molecule is CCOC(C)CNC(=O)NCC1(CC(=O)O)CCC1. The Morgan fingerprint density at radius 1 is 1.37 bits per heavy atom. The largest absolute Gasteiger partial charge is 0.481 e. The van der Waals surface area contributed by atoms with Gasteiger partial charge in [-0.3, -0.25) is 4.79 Å². The van der Waals surface area contributed by atoms with Gasteiger partial charge in [-0.25, -0.2) is 4.79 Å². The van der Waals surface area contributed by atoms with Crippen LogP contribution in [-0.2, 0) is 9.53 Å². The summed E-state index contributed by atoms with van der Waals surface area (Å²) in [4.78, 5) is 22.4. The van der Waals surface area contributed by atoms with Crippen molar-refractivity contribution in [3.63, 3.8) is 0 Å². The Hall–Kier alpha value is -1.30. The van der Waals surface area contributed by atoms with Crippen LogP contribution in [0, 0.1) is 5.41 Å². The van der Waals surface area contributed by atoms with Gasteiger partial charge in [0.2, 0.25) is 0 Å². The van der Waals surface area contributed by atoms with Gasteiger partial charge in [0.25, 0.3) is 0 Å². The molecular weight excluding hydrogens is 248 g/mol. The summed E-state index contributed by atoms with van der Waals surface area (Å²) in [5.74, 6) is -0.799. The maximum absolute atomic E-state index is 11.6. The highest BCUT2D eigenvalue weighted by Crippen LogP contribution is 2.43. The Bertz CT molecular complexity index is 316. The van der Waals surface area contributed by atoms with Crippen LogP contribution >= 0.6 is 0 Å². The maximum Gasteiger partial charge on any atom is 0.314 e. The first-order valence-electron chi connectivity index (χ1n) is 6.82. The molecule has 0 aromatic rings. The zero-order chi connectivity index (χ0) is 14.3. The molecule has 6 heteroatoms. The number of carboxylic acids is 1.